The molecular weight excluding hydrogens is 475 g/mol. The number of likely N-dealkylation sites (tertiary alicyclic amines) is 1. The Morgan fingerprint density at radius 2 is 2.04 bits per heavy atom. The third-order valence-corrected chi connectivity index (χ3v) is 5.78. The first kappa shape index (κ1) is 22.7. The van der Waals surface area contributed by atoms with Crippen molar-refractivity contribution in [1.29, 1.82) is 0 Å². The van der Waals surface area contributed by atoms with Gasteiger partial charge in [-0.05, 0) is 32.3 Å². The molecule has 27 heavy (non-hydrogen) atoms. The van der Waals surface area contributed by atoms with Crippen molar-refractivity contribution < 1.29 is 5.11 Å². The van der Waals surface area contributed by atoms with Crippen LogP contribution < -0.4 is 10.6 Å². The lowest BCUT2D eigenvalue weighted by atomic mass is 10.1. The molecule has 0 bridgehead atoms. The molecule has 5 nitrogen and oxygen atoms in total. The summed E-state index contributed by atoms with van der Waals surface area (Å²) in [4.78, 5) is 7.22. The highest BCUT2D eigenvalue weighted by molar-refractivity contribution is 14.0. The van der Waals surface area contributed by atoms with Gasteiger partial charge in [-0.3, -0.25) is 9.89 Å². The molecule has 1 aromatic carbocycles. The summed E-state index contributed by atoms with van der Waals surface area (Å²) in [5.41, 5.74) is 0.724. The van der Waals surface area contributed by atoms with Gasteiger partial charge in [0, 0.05) is 42.3 Å². The number of aliphatic imine (C=N–C) groups is 1. The zero-order valence-corrected chi connectivity index (χ0v) is 19.1. The van der Waals surface area contributed by atoms with Crippen LogP contribution >= 0.6 is 35.6 Å². The maximum atomic E-state index is 10.4. The fourth-order valence-electron chi connectivity index (χ4n) is 4.04. The number of guanidine groups is 1. The Balaban J connectivity index is 0.00000261. The number of nitrogens with one attached hydrogen (secondary N) is 2. The molecule has 1 heterocycles. The summed E-state index contributed by atoms with van der Waals surface area (Å²) in [6.07, 6.45) is 5.91. The maximum Gasteiger partial charge on any atom is 0.191 e. The molecule has 0 amide bonds. The molecule has 1 aliphatic heterocycles. The first-order chi connectivity index (χ1) is 12.7. The minimum absolute atomic E-state index is 0. The lowest BCUT2D eigenvalue weighted by molar-refractivity contribution is 0.187. The van der Waals surface area contributed by atoms with E-state index < -0.39 is 6.10 Å². The minimum Gasteiger partial charge on any atom is -0.386 e. The van der Waals surface area contributed by atoms with Gasteiger partial charge in [0.2, 0.25) is 0 Å². The Morgan fingerprint density at radius 3 is 2.74 bits per heavy atom. The zero-order valence-electron chi connectivity index (χ0n) is 16.0. The third kappa shape index (κ3) is 6.48. The summed E-state index contributed by atoms with van der Waals surface area (Å²) in [7, 11) is 0. The second-order valence-corrected chi connectivity index (χ2v) is 7.73. The molecule has 1 saturated heterocycles. The first-order valence-electron chi connectivity index (χ1n) is 9.88. The van der Waals surface area contributed by atoms with Gasteiger partial charge in [-0.25, -0.2) is 0 Å². The van der Waals surface area contributed by atoms with E-state index >= 15 is 0 Å². The molecule has 3 rings (SSSR count). The van der Waals surface area contributed by atoms with E-state index in [4.69, 9.17) is 11.6 Å². The van der Waals surface area contributed by atoms with E-state index in [0.717, 1.165) is 37.1 Å². The molecule has 0 aromatic heterocycles. The average Bonchev–Trinajstić information content (AvgIpc) is 3.31. The Bertz CT molecular complexity index is 609. The largest absolute Gasteiger partial charge is 0.386 e. The normalized spacial score (nSPS) is 22.5. The maximum absolute atomic E-state index is 10.4. The van der Waals surface area contributed by atoms with Crippen LogP contribution in [0.4, 0.5) is 0 Å². The number of nitrogens with zero attached hydrogens (tertiary/aromatic N) is 2. The third-order valence-electron chi connectivity index (χ3n) is 5.43. The fraction of sp³-hybridized carbons (Fsp3) is 0.650. The van der Waals surface area contributed by atoms with E-state index in [2.05, 4.69) is 27.4 Å². The van der Waals surface area contributed by atoms with Crippen molar-refractivity contribution in [1.82, 2.24) is 15.5 Å². The van der Waals surface area contributed by atoms with E-state index in [1.165, 1.54) is 32.2 Å². The van der Waals surface area contributed by atoms with Crippen LogP contribution in [-0.4, -0.2) is 54.2 Å². The van der Waals surface area contributed by atoms with Gasteiger partial charge in [-0.15, -0.1) is 24.0 Å². The van der Waals surface area contributed by atoms with Gasteiger partial charge < -0.3 is 15.7 Å². The van der Waals surface area contributed by atoms with Crippen molar-refractivity contribution in [3.8, 4) is 0 Å². The van der Waals surface area contributed by atoms with Crippen molar-refractivity contribution in [3.05, 3.63) is 34.9 Å². The molecule has 2 atom stereocenters. The van der Waals surface area contributed by atoms with Crippen LogP contribution in [0.3, 0.4) is 0 Å². The van der Waals surface area contributed by atoms with Crippen LogP contribution in [0, 0.1) is 0 Å². The molecule has 3 N–H and O–H groups in total. The number of halogens is 2. The van der Waals surface area contributed by atoms with Crippen molar-refractivity contribution in [3.63, 3.8) is 0 Å². The van der Waals surface area contributed by atoms with Crippen LogP contribution in [0.25, 0.3) is 0 Å². The van der Waals surface area contributed by atoms with Crippen LogP contribution in [0.5, 0.6) is 0 Å². The number of hydrogen-bond acceptors (Lipinski definition) is 3. The van der Waals surface area contributed by atoms with Gasteiger partial charge in [0.05, 0.1) is 6.54 Å². The smallest absolute Gasteiger partial charge is 0.191 e. The highest BCUT2D eigenvalue weighted by Gasteiger charge is 2.30. The highest BCUT2D eigenvalue weighted by atomic mass is 127. The van der Waals surface area contributed by atoms with Crippen molar-refractivity contribution in [2.45, 2.75) is 57.2 Å². The standard InChI is InChI=1S/C20H31ClN4O.HI/c1-2-22-20(23-13-19(26)17-9-5-6-10-18(17)21)24-15-11-12-25(14-15)16-7-3-4-8-16;/h5-6,9-10,15-16,19,26H,2-4,7-8,11-14H2,1H3,(H2,22,23,24);1H. The Hall–Kier alpha value is -0.570. The van der Waals surface area contributed by atoms with E-state index in [1.807, 2.05) is 18.2 Å². The summed E-state index contributed by atoms with van der Waals surface area (Å²) < 4.78 is 0. The molecule has 0 spiro atoms. The van der Waals surface area contributed by atoms with Crippen LogP contribution in [0.15, 0.2) is 29.3 Å². The summed E-state index contributed by atoms with van der Waals surface area (Å²) in [6.45, 7) is 5.40. The van der Waals surface area contributed by atoms with Gasteiger partial charge in [0.15, 0.2) is 5.96 Å². The molecule has 7 heteroatoms. The summed E-state index contributed by atoms with van der Waals surface area (Å²) >= 11 is 6.17. The number of aliphatic hydroxyl groups is 1. The number of rotatable bonds is 6. The lowest BCUT2D eigenvalue weighted by Crippen LogP contribution is -2.45. The molecule has 1 saturated carbocycles. The van der Waals surface area contributed by atoms with Crippen LogP contribution in [0.1, 0.15) is 50.7 Å². The quantitative estimate of drug-likeness (QED) is 0.314. The van der Waals surface area contributed by atoms with Crippen molar-refractivity contribution in [2.75, 3.05) is 26.2 Å². The summed E-state index contributed by atoms with van der Waals surface area (Å²) in [5.74, 6) is 0.775. The molecule has 2 unspecified atom stereocenters. The topological polar surface area (TPSA) is 59.9 Å². The van der Waals surface area contributed by atoms with Gasteiger partial charge in [-0.2, -0.15) is 0 Å². The Kier molecular flexibility index (Phi) is 9.62. The number of aliphatic hydroxyl groups excluding tert-OH is 1. The summed E-state index contributed by atoms with van der Waals surface area (Å²) in [6, 6.07) is 8.59. The first-order valence-corrected chi connectivity index (χ1v) is 10.3. The number of hydrogen-bond donors (Lipinski definition) is 3. The van der Waals surface area contributed by atoms with Crippen molar-refractivity contribution >= 4 is 41.5 Å². The SMILES string of the molecule is CCNC(=NCC(O)c1ccccc1Cl)NC1CCN(C2CCCC2)C1.I. The summed E-state index contributed by atoms with van der Waals surface area (Å²) in [5, 5.41) is 17.8. The van der Waals surface area contributed by atoms with Gasteiger partial charge in [0.1, 0.15) is 6.10 Å². The Labute approximate surface area is 185 Å². The predicted octanol–water partition coefficient (Wildman–Crippen LogP) is 3.56. The van der Waals surface area contributed by atoms with Crippen LogP contribution in [0.2, 0.25) is 5.02 Å². The number of benzene rings is 1. The molecular formula is C20H32ClIN4O. The second kappa shape index (κ2) is 11.4. The van der Waals surface area contributed by atoms with Gasteiger partial charge >= 0.3 is 0 Å². The van der Waals surface area contributed by atoms with Gasteiger partial charge in [0.25, 0.3) is 0 Å². The Morgan fingerprint density at radius 1 is 1.30 bits per heavy atom. The molecule has 0 radical (unpaired) electrons. The minimum atomic E-state index is -0.697. The molecule has 152 valence electrons. The molecule has 1 aromatic rings. The monoisotopic (exact) mass is 506 g/mol. The second-order valence-electron chi connectivity index (χ2n) is 7.32. The van der Waals surface area contributed by atoms with E-state index in [9.17, 15) is 5.11 Å². The fourth-order valence-corrected chi connectivity index (χ4v) is 4.30. The zero-order chi connectivity index (χ0) is 18.4. The van der Waals surface area contributed by atoms with Gasteiger partial charge in [-0.1, -0.05) is 42.6 Å². The molecule has 2 fully saturated rings. The molecule has 1 aliphatic carbocycles. The predicted molar refractivity (Wildman–Crippen MR) is 123 cm³/mol. The van der Waals surface area contributed by atoms with E-state index in [-0.39, 0.29) is 30.5 Å². The van der Waals surface area contributed by atoms with Crippen LogP contribution in [-0.2, 0) is 0 Å². The van der Waals surface area contributed by atoms with Crippen molar-refractivity contribution in [2.24, 2.45) is 4.99 Å². The average molecular weight is 507 g/mol. The lowest BCUT2D eigenvalue weighted by Gasteiger charge is -2.24. The molecule has 2 aliphatic rings. The van der Waals surface area contributed by atoms with E-state index in [1.54, 1.807) is 6.07 Å². The highest BCUT2D eigenvalue weighted by Crippen LogP contribution is 2.26. The van der Waals surface area contributed by atoms with E-state index in [0.29, 0.717) is 11.1 Å².